The van der Waals surface area contributed by atoms with Gasteiger partial charge in [-0.05, 0) is 0 Å². The van der Waals surface area contributed by atoms with Gasteiger partial charge in [-0.3, -0.25) is 0 Å². The number of ether oxygens (including phenoxy) is 1. The Hall–Kier alpha value is -1.23. The molecule has 0 bridgehead atoms. The van der Waals surface area contributed by atoms with E-state index in [0.717, 1.165) is 0 Å². The van der Waals surface area contributed by atoms with Gasteiger partial charge in [-0.2, -0.15) is 0 Å². The molecule has 0 aromatic carbocycles. The molecule has 1 N–H and O–H groups in total. The number of hydrogen-bond donors (Lipinski definition) is 1. The van der Waals surface area contributed by atoms with Crippen LogP contribution in [-0.4, -0.2) is 28.8 Å². The topological polar surface area (TPSA) is 59.9 Å². The van der Waals surface area contributed by atoms with Crippen molar-refractivity contribution in [3.8, 4) is 0 Å². The minimum Gasteiger partial charge on any atom is -0.364 e. The first-order chi connectivity index (χ1) is 4.93. The standard InChI is InChI=1S/C5H8N4O/c1-10-4-9-5-7-2-6-3-8-5/h2-3H,4H2,1H3,(H,6,7,8,9). The maximum absolute atomic E-state index is 4.73. The molecule has 0 aliphatic rings. The molecule has 0 fully saturated rings. The Morgan fingerprint density at radius 2 is 2.20 bits per heavy atom. The molecule has 0 aliphatic carbocycles. The van der Waals surface area contributed by atoms with Crippen LogP contribution >= 0.6 is 0 Å². The van der Waals surface area contributed by atoms with E-state index in [1.54, 1.807) is 7.11 Å². The number of hydrogen-bond acceptors (Lipinski definition) is 5. The molecule has 10 heavy (non-hydrogen) atoms. The molecule has 1 aromatic heterocycles. The summed E-state index contributed by atoms with van der Waals surface area (Å²) in [7, 11) is 1.59. The fraction of sp³-hybridized carbons (Fsp3) is 0.400. The number of nitrogens with zero attached hydrogens (tertiary/aromatic N) is 3. The van der Waals surface area contributed by atoms with Gasteiger partial charge in [0.2, 0.25) is 5.95 Å². The Kier molecular flexibility index (Phi) is 2.57. The van der Waals surface area contributed by atoms with Crippen LogP contribution in [0.2, 0.25) is 0 Å². The lowest BCUT2D eigenvalue weighted by molar-refractivity contribution is 0.220. The highest BCUT2D eigenvalue weighted by molar-refractivity contribution is 5.19. The van der Waals surface area contributed by atoms with Crippen molar-refractivity contribution in [2.24, 2.45) is 0 Å². The van der Waals surface area contributed by atoms with Gasteiger partial charge >= 0.3 is 0 Å². The van der Waals surface area contributed by atoms with Crippen molar-refractivity contribution in [2.45, 2.75) is 0 Å². The lowest BCUT2D eigenvalue weighted by atomic mass is 10.9. The zero-order valence-corrected chi connectivity index (χ0v) is 5.61. The average molecular weight is 140 g/mol. The van der Waals surface area contributed by atoms with Crippen LogP contribution in [0.25, 0.3) is 0 Å². The second-order valence-electron chi connectivity index (χ2n) is 1.57. The van der Waals surface area contributed by atoms with Crippen molar-refractivity contribution >= 4 is 5.95 Å². The normalized spacial score (nSPS) is 9.30. The summed E-state index contributed by atoms with van der Waals surface area (Å²) < 4.78 is 4.73. The first kappa shape index (κ1) is 6.88. The molecule has 1 heterocycles. The highest BCUT2D eigenvalue weighted by atomic mass is 16.5. The van der Waals surface area contributed by atoms with E-state index in [9.17, 15) is 0 Å². The Labute approximate surface area is 58.5 Å². The first-order valence-electron chi connectivity index (χ1n) is 2.78. The molecule has 5 heteroatoms. The van der Waals surface area contributed by atoms with E-state index in [2.05, 4.69) is 20.3 Å². The monoisotopic (exact) mass is 140 g/mol. The Morgan fingerprint density at radius 3 is 2.80 bits per heavy atom. The van der Waals surface area contributed by atoms with Gasteiger partial charge in [-0.25, -0.2) is 15.0 Å². The quantitative estimate of drug-likeness (QED) is 0.593. The van der Waals surface area contributed by atoms with Crippen LogP contribution in [0.5, 0.6) is 0 Å². The van der Waals surface area contributed by atoms with E-state index in [0.29, 0.717) is 12.7 Å². The molecule has 1 aromatic rings. The largest absolute Gasteiger partial charge is 0.364 e. The van der Waals surface area contributed by atoms with Crippen LogP contribution in [0.4, 0.5) is 5.95 Å². The summed E-state index contributed by atoms with van der Waals surface area (Å²) in [4.78, 5) is 11.3. The SMILES string of the molecule is COCNc1ncncn1. The van der Waals surface area contributed by atoms with Crippen molar-refractivity contribution < 1.29 is 4.74 Å². The van der Waals surface area contributed by atoms with Crippen molar-refractivity contribution in [2.75, 3.05) is 19.2 Å². The van der Waals surface area contributed by atoms with Crippen LogP contribution in [0.3, 0.4) is 0 Å². The van der Waals surface area contributed by atoms with Gasteiger partial charge < -0.3 is 10.1 Å². The molecule has 0 spiro atoms. The second-order valence-corrected chi connectivity index (χ2v) is 1.57. The Bertz CT molecular complexity index is 178. The number of aromatic nitrogens is 3. The smallest absolute Gasteiger partial charge is 0.227 e. The van der Waals surface area contributed by atoms with E-state index < -0.39 is 0 Å². The lowest BCUT2D eigenvalue weighted by Gasteiger charge is -1.99. The summed E-state index contributed by atoms with van der Waals surface area (Å²) in [5.41, 5.74) is 0. The van der Waals surface area contributed by atoms with E-state index in [1.807, 2.05) is 0 Å². The van der Waals surface area contributed by atoms with Gasteiger partial charge in [0.1, 0.15) is 19.4 Å². The van der Waals surface area contributed by atoms with Gasteiger partial charge in [0.25, 0.3) is 0 Å². The van der Waals surface area contributed by atoms with Gasteiger partial charge in [0.05, 0.1) is 0 Å². The van der Waals surface area contributed by atoms with Crippen molar-refractivity contribution in [1.82, 2.24) is 15.0 Å². The highest BCUT2D eigenvalue weighted by Gasteiger charge is 1.88. The Morgan fingerprint density at radius 1 is 1.50 bits per heavy atom. The van der Waals surface area contributed by atoms with Crippen LogP contribution in [0.15, 0.2) is 12.7 Å². The maximum atomic E-state index is 4.73. The Balaban J connectivity index is 2.43. The van der Waals surface area contributed by atoms with Gasteiger partial charge in [0, 0.05) is 7.11 Å². The molecule has 0 unspecified atom stereocenters. The van der Waals surface area contributed by atoms with E-state index in [1.165, 1.54) is 12.7 Å². The molecule has 0 saturated carbocycles. The third kappa shape index (κ3) is 1.94. The molecule has 1 rings (SSSR count). The van der Waals surface area contributed by atoms with Crippen LogP contribution in [0, 0.1) is 0 Å². The van der Waals surface area contributed by atoms with Crippen LogP contribution < -0.4 is 5.32 Å². The summed E-state index contributed by atoms with van der Waals surface area (Å²) in [6.45, 7) is 0.407. The first-order valence-corrected chi connectivity index (χ1v) is 2.78. The zero-order chi connectivity index (χ0) is 7.23. The summed E-state index contributed by atoms with van der Waals surface area (Å²) in [6, 6.07) is 0. The van der Waals surface area contributed by atoms with Crippen LogP contribution in [0.1, 0.15) is 0 Å². The summed E-state index contributed by atoms with van der Waals surface area (Å²) >= 11 is 0. The van der Waals surface area contributed by atoms with E-state index in [4.69, 9.17) is 4.74 Å². The summed E-state index contributed by atoms with van der Waals surface area (Å²) in [5.74, 6) is 0.525. The molecule has 0 radical (unpaired) electrons. The highest BCUT2D eigenvalue weighted by Crippen LogP contribution is 1.89. The molecular formula is C5H8N4O. The number of rotatable bonds is 3. The van der Waals surface area contributed by atoms with Crippen molar-refractivity contribution in [1.29, 1.82) is 0 Å². The molecule has 0 atom stereocenters. The fourth-order valence-corrected chi connectivity index (χ4v) is 0.467. The number of nitrogens with one attached hydrogen (secondary N) is 1. The van der Waals surface area contributed by atoms with E-state index in [-0.39, 0.29) is 0 Å². The number of methoxy groups -OCH3 is 1. The molecule has 0 aliphatic heterocycles. The van der Waals surface area contributed by atoms with Gasteiger partial charge in [-0.15, -0.1) is 0 Å². The average Bonchev–Trinajstić information content (AvgIpc) is 2.03. The van der Waals surface area contributed by atoms with Crippen molar-refractivity contribution in [3.63, 3.8) is 0 Å². The minimum absolute atomic E-state index is 0.407. The van der Waals surface area contributed by atoms with Crippen molar-refractivity contribution in [3.05, 3.63) is 12.7 Å². The molecule has 0 amide bonds. The summed E-state index contributed by atoms with van der Waals surface area (Å²) in [6.07, 6.45) is 2.84. The third-order valence-corrected chi connectivity index (χ3v) is 0.868. The minimum atomic E-state index is 0.407. The lowest BCUT2D eigenvalue weighted by Crippen LogP contribution is -2.06. The van der Waals surface area contributed by atoms with Crippen LogP contribution in [-0.2, 0) is 4.74 Å². The second kappa shape index (κ2) is 3.73. The fourth-order valence-electron chi connectivity index (χ4n) is 0.467. The summed E-state index contributed by atoms with van der Waals surface area (Å²) in [5, 5.41) is 2.81. The predicted molar refractivity (Wildman–Crippen MR) is 35.3 cm³/mol. The number of anilines is 1. The van der Waals surface area contributed by atoms with Gasteiger partial charge in [-0.1, -0.05) is 0 Å². The molecule has 5 nitrogen and oxygen atoms in total. The van der Waals surface area contributed by atoms with Gasteiger partial charge in [0.15, 0.2) is 0 Å². The molecular weight excluding hydrogens is 132 g/mol. The molecule has 0 saturated heterocycles. The maximum Gasteiger partial charge on any atom is 0.227 e. The van der Waals surface area contributed by atoms with E-state index >= 15 is 0 Å². The molecule has 54 valence electrons. The zero-order valence-electron chi connectivity index (χ0n) is 5.61. The third-order valence-electron chi connectivity index (χ3n) is 0.868. The predicted octanol–water partition coefficient (Wildman–Crippen LogP) is -0.113.